The number of anilines is 1. The predicted molar refractivity (Wildman–Crippen MR) is 64.1 cm³/mol. The minimum absolute atomic E-state index is 0.0814. The van der Waals surface area contributed by atoms with E-state index in [1.807, 2.05) is 0 Å². The summed E-state index contributed by atoms with van der Waals surface area (Å²) in [5.74, 6) is -0.878. The van der Waals surface area contributed by atoms with Crippen molar-refractivity contribution in [3.05, 3.63) is 17.0 Å². The fourth-order valence-corrected chi connectivity index (χ4v) is 2.04. The Morgan fingerprint density at radius 2 is 2.21 bits per heavy atom. The maximum absolute atomic E-state index is 12.5. The van der Waals surface area contributed by atoms with Gasteiger partial charge in [-0.25, -0.2) is 9.97 Å². The van der Waals surface area contributed by atoms with Crippen LogP contribution in [-0.2, 0) is 10.9 Å². The van der Waals surface area contributed by atoms with Gasteiger partial charge in [-0.2, -0.15) is 13.2 Å². The van der Waals surface area contributed by atoms with Crippen LogP contribution in [0.15, 0.2) is 6.07 Å². The van der Waals surface area contributed by atoms with E-state index in [0.29, 0.717) is 13.2 Å². The highest BCUT2D eigenvalue weighted by molar-refractivity contribution is 6.29. The molecular weight excluding hydrogens is 283 g/mol. The van der Waals surface area contributed by atoms with Crippen LogP contribution in [-0.4, -0.2) is 29.7 Å². The fourth-order valence-electron chi connectivity index (χ4n) is 1.85. The number of aromatic nitrogens is 2. The van der Waals surface area contributed by atoms with Crippen molar-refractivity contribution in [1.29, 1.82) is 0 Å². The lowest BCUT2D eigenvalue weighted by atomic mass is 10.0. The molecule has 106 valence electrons. The van der Waals surface area contributed by atoms with E-state index < -0.39 is 12.0 Å². The molecule has 0 saturated carbocycles. The molecule has 2 heterocycles. The van der Waals surface area contributed by atoms with E-state index in [0.717, 1.165) is 19.4 Å². The van der Waals surface area contributed by atoms with Gasteiger partial charge in [-0.3, -0.25) is 0 Å². The standard InChI is InChI=1S/C11H13ClF3N3O/c12-8-4-9(18-10(17-8)11(13,14)15)16-5-7-2-1-3-19-6-7/h4,7H,1-3,5-6H2,(H,16,17,18). The Labute approximate surface area is 113 Å². The second-order valence-corrected chi connectivity index (χ2v) is 4.75. The van der Waals surface area contributed by atoms with Gasteiger partial charge in [-0.05, 0) is 18.8 Å². The first kappa shape index (κ1) is 14.3. The van der Waals surface area contributed by atoms with Crippen LogP contribution in [0.3, 0.4) is 0 Å². The van der Waals surface area contributed by atoms with Gasteiger partial charge in [0.1, 0.15) is 11.0 Å². The number of halogens is 4. The van der Waals surface area contributed by atoms with Crippen molar-refractivity contribution in [3.8, 4) is 0 Å². The van der Waals surface area contributed by atoms with Crippen molar-refractivity contribution in [2.45, 2.75) is 19.0 Å². The fraction of sp³-hybridized carbons (Fsp3) is 0.636. The zero-order chi connectivity index (χ0) is 13.9. The third-order valence-corrected chi connectivity index (χ3v) is 2.97. The van der Waals surface area contributed by atoms with Crippen molar-refractivity contribution in [1.82, 2.24) is 9.97 Å². The minimum atomic E-state index is -4.60. The monoisotopic (exact) mass is 295 g/mol. The Morgan fingerprint density at radius 1 is 1.42 bits per heavy atom. The van der Waals surface area contributed by atoms with Crippen LogP contribution in [0.2, 0.25) is 5.15 Å². The topological polar surface area (TPSA) is 47.0 Å². The maximum atomic E-state index is 12.5. The normalized spacial score (nSPS) is 20.3. The first-order chi connectivity index (χ1) is 8.95. The Kier molecular flexibility index (Phi) is 4.46. The molecule has 19 heavy (non-hydrogen) atoms. The summed E-state index contributed by atoms with van der Waals surface area (Å²) in [6.07, 6.45) is -2.65. The Balaban J connectivity index is 2.01. The predicted octanol–water partition coefficient (Wildman–Crippen LogP) is 2.99. The van der Waals surface area contributed by atoms with E-state index in [4.69, 9.17) is 16.3 Å². The van der Waals surface area contributed by atoms with E-state index in [1.54, 1.807) is 0 Å². The molecule has 1 aromatic rings. The lowest BCUT2D eigenvalue weighted by molar-refractivity contribution is -0.144. The van der Waals surface area contributed by atoms with Crippen LogP contribution >= 0.6 is 11.6 Å². The molecular formula is C11H13ClF3N3O. The molecule has 0 aromatic carbocycles. The molecule has 0 aliphatic carbocycles. The summed E-state index contributed by atoms with van der Waals surface area (Å²) in [4.78, 5) is 6.58. The number of rotatable bonds is 3. The van der Waals surface area contributed by atoms with Crippen molar-refractivity contribution < 1.29 is 17.9 Å². The summed E-state index contributed by atoms with van der Waals surface area (Å²) >= 11 is 5.56. The van der Waals surface area contributed by atoms with Gasteiger partial charge in [-0.15, -0.1) is 0 Å². The van der Waals surface area contributed by atoms with Crippen molar-refractivity contribution >= 4 is 17.4 Å². The molecule has 8 heteroatoms. The van der Waals surface area contributed by atoms with E-state index in [1.165, 1.54) is 6.07 Å². The molecule has 1 aliphatic heterocycles. The van der Waals surface area contributed by atoms with Crippen LogP contribution in [0, 0.1) is 5.92 Å². The van der Waals surface area contributed by atoms with E-state index in [9.17, 15) is 13.2 Å². The molecule has 1 N–H and O–H groups in total. The highest BCUT2D eigenvalue weighted by Gasteiger charge is 2.35. The van der Waals surface area contributed by atoms with Gasteiger partial charge in [0.05, 0.1) is 6.61 Å². The number of ether oxygens (including phenoxy) is 1. The molecule has 0 spiro atoms. The lowest BCUT2D eigenvalue weighted by Crippen LogP contribution is -2.25. The number of nitrogens with zero attached hydrogens (tertiary/aromatic N) is 2. The summed E-state index contributed by atoms with van der Waals surface area (Å²) in [7, 11) is 0. The van der Waals surface area contributed by atoms with Crippen LogP contribution in [0.25, 0.3) is 0 Å². The first-order valence-electron chi connectivity index (χ1n) is 5.88. The molecule has 1 unspecified atom stereocenters. The molecule has 1 aliphatic rings. The molecule has 1 saturated heterocycles. The van der Waals surface area contributed by atoms with Crippen molar-refractivity contribution in [2.24, 2.45) is 5.92 Å². The zero-order valence-corrected chi connectivity index (χ0v) is 10.8. The second-order valence-electron chi connectivity index (χ2n) is 4.36. The summed E-state index contributed by atoms with van der Waals surface area (Å²) in [6.45, 7) is 1.86. The number of alkyl halides is 3. The third-order valence-electron chi connectivity index (χ3n) is 2.77. The molecule has 1 atom stereocenters. The van der Waals surface area contributed by atoms with Gasteiger partial charge >= 0.3 is 6.18 Å². The average Bonchev–Trinajstić information content (AvgIpc) is 2.36. The largest absolute Gasteiger partial charge is 0.451 e. The van der Waals surface area contributed by atoms with E-state index in [2.05, 4.69) is 15.3 Å². The van der Waals surface area contributed by atoms with Crippen LogP contribution < -0.4 is 5.32 Å². The molecule has 0 amide bonds. The van der Waals surface area contributed by atoms with Gasteiger partial charge in [0, 0.05) is 19.2 Å². The Bertz CT molecular complexity index is 436. The molecule has 4 nitrogen and oxygen atoms in total. The number of hydrogen-bond acceptors (Lipinski definition) is 4. The van der Waals surface area contributed by atoms with Crippen LogP contribution in [0.5, 0.6) is 0 Å². The summed E-state index contributed by atoms with van der Waals surface area (Å²) in [6, 6.07) is 1.28. The van der Waals surface area contributed by atoms with Crippen molar-refractivity contribution in [2.75, 3.05) is 25.1 Å². The first-order valence-corrected chi connectivity index (χ1v) is 6.26. The highest BCUT2D eigenvalue weighted by Crippen LogP contribution is 2.28. The Morgan fingerprint density at radius 3 is 2.84 bits per heavy atom. The summed E-state index contributed by atoms with van der Waals surface area (Å²) in [5.41, 5.74) is 0. The molecule has 2 rings (SSSR count). The van der Waals surface area contributed by atoms with Gasteiger partial charge in [0.25, 0.3) is 0 Å². The van der Waals surface area contributed by atoms with Gasteiger partial charge in [0.15, 0.2) is 0 Å². The minimum Gasteiger partial charge on any atom is -0.381 e. The van der Waals surface area contributed by atoms with E-state index in [-0.39, 0.29) is 16.9 Å². The van der Waals surface area contributed by atoms with Gasteiger partial charge < -0.3 is 10.1 Å². The number of hydrogen-bond donors (Lipinski definition) is 1. The molecule has 1 aromatic heterocycles. The maximum Gasteiger partial charge on any atom is 0.451 e. The molecule has 1 fully saturated rings. The third kappa shape index (κ3) is 4.21. The lowest BCUT2D eigenvalue weighted by Gasteiger charge is -2.22. The summed E-state index contributed by atoms with van der Waals surface area (Å²) < 4.78 is 42.8. The van der Waals surface area contributed by atoms with Crippen LogP contribution in [0.4, 0.5) is 19.0 Å². The SMILES string of the molecule is FC(F)(F)c1nc(Cl)cc(NCC2CCCOC2)n1. The number of nitrogens with one attached hydrogen (secondary N) is 1. The second kappa shape index (κ2) is 5.92. The van der Waals surface area contributed by atoms with E-state index >= 15 is 0 Å². The van der Waals surface area contributed by atoms with Crippen molar-refractivity contribution in [3.63, 3.8) is 0 Å². The van der Waals surface area contributed by atoms with Crippen LogP contribution in [0.1, 0.15) is 18.7 Å². The molecule has 0 radical (unpaired) electrons. The van der Waals surface area contributed by atoms with Gasteiger partial charge in [-0.1, -0.05) is 11.6 Å². The molecule has 0 bridgehead atoms. The Hall–Kier alpha value is -1.08. The highest BCUT2D eigenvalue weighted by atomic mass is 35.5. The smallest absolute Gasteiger partial charge is 0.381 e. The van der Waals surface area contributed by atoms with Gasteiger partial charge in [0.2, 0.25) is 5.82 Å². The zero-order valence-electron chi connectivity index (χ0n) is 10.0. The average molecular weight is 296 g/mol. The quantitative estimate of drug-likeness (QED) is 0.871. The summed E-state index contributed by atoms with van der Waals surface area (Å²) in [5, 5.41) is 2.62.